The number of hydrogen-bond acceptors (Lipinski definition) is 3. The number of fused-ring (bicyclic) bond motifs is 1. The molecule has 17 heavy (non-hydrogen) atoms. The lowest BCUT2D eigenvalue weighted by atomic mass is 10.3. The lowest BCUT2D eigenvalue weighted by molar-refractivity contribution is 0.930. The summed E-state index contributed by atoms with van der Waals surface area (Å²) >= 11 is 6.17. The summed E-state index contributed by atoms with van der Waals surface area (Å²) < 4.78 is 1.85. The zero-order valence-corrected chi connectivity index (χ0v) is 10.6. The second-order valence-electron chi connectivity index (χ2n) is 4.52. The Bertz CT molecular complexity index is 610. The van der Waals surface area contributed by atoms with Gasteiger partial charge in [0.15, 0.2) is 11.5 Å². The first-order valence-corrected chi connectivity index (χ1v) is 6.05. The van der Waals surface area contributed by atoms with E-state index in [1.165, 1.54) is 12.8 Å². The van der Waals surface area contributed by atoms with Crippen molar-refractivity contribution in [2.24, 2.45) is 18.0 Å². The smallest absolute Gasteiger partial charge is 0.163 e. The standard InChI is InChI=1S/C12H13ClN4/c1-7(8-3-4-8)15-10-5-9(13)11-12(16-10)17(2)6-14-11/h5-6,8H,3-4H2,1-2H3. The van der Waals surface area contributed by atoms with E-state index in [1.54, 1.807) is 12.4 Å². The Kier molecular flexibility index (Phi) is 2.40. The molecule has 1 fully saturated rings. The molecule has 0 saturated heterocycles. The molecule has 0 aliphatic heterocycles. The molecule has 0 spiro atoms. The number of aryl methyl sites for hydroxylation is 1. The number of halogens is 1. The molecule has 5 heteroatoms. The molecule has 0 N–H and O–H groups in total. The van der Waals surface area contributed by atoms with Gasteiger partial charge in [-0.3, -0.25) is 0 Å². The second-order valence-corrected chi connectivity index (χ2v) is 4.92. The summed E-state index contributed by atoms with van der Waals surface area (Å²) in [7, 11) is 1.90. The first-order chi connectivity index (χ1) is 8.15. The van der Waals surface area contributed by atoms with Crippen LogP contribution in [0.1, 0.15) is 19.8 Å². The minimum absolute atomic E-state index is 0.609. The fourth-order valence-electron chi connectivity index (χ4n) is 1.88. The monoisotopic (exact) mass is 248 g/mol. The Morgan fingerprint density at radius 3 is 3.00 bits per heavy atom. The Hall–Kier alpha value is -1.42. The number of aromatic nitrogens is 3. The third kappa shape index (κ3) is 1.93. The van der Waals surface area contributed by atoms with E-state index in [0.717, 1.165) is 16.9 Å². The minimum Gasteiger partial charge on any atom is -0.318 e. The Labute approximate surface area is 104 Å². The van der Waals surface area contributed by atoms with Gasteiger partial charge in [0, 0.05) is 18.8 Å². The summed E-state index contributed by atoms with van der Waals surface area (Å²) in [6.07, 6.45) is 4.21. The van der Waals surface area contributed by atoms with Crippen LogP contribution in [-0.4, -0.2) is 20.2 Å². The van der Waals surface area contributed by atoms with Gasteiger partial charge in [0.1, 0.15) is 5.52 Å². The SMILES string of the molecule is CC(=Nc1cc(Cl)c2ncn(C)c2n1)C1CC1. The predicted octanol–water partition coefficient (Wildman–Crippen LogP) is 3.12. The summed E-state index contributed by atoms with van der Waals surface area (Å²) in [6, 6.07) is 1.78. The van der Waals surface area contributed by atoms with Gasteiger partial charge in [0.2, 0.25) is 0 Å². The van der Waals surface area contributed by atoms with Gasteiger partial charge < -0.3 is 4.57 Å². The molecule has 3 rings (SSSR count). The van der Waals surface area contributed by atoms with Crippen LogP contribution in [0.4, 0.5) is 5.82 Å². The summed E-state index contributed by atoms with van der Waals surface area (Å²) in [5.41, 5.74) is 2.66. The van der Waals surface area contributed by atoms with E-state index in [2.05, 4.69) is 21.9 Å². The van der Waals surface area contributed by atoms with Crippen molar-refractivity contribution in [1.82, 2.24) is 14.5 Å². The van der Waals surface area contributed by atoms with Crippen molar-refractivity contribution in [2.45, 2.75) is 19.8 Å². The van der Waals surface area contributed by atoms with Crippen LogP contribution in [0.15, 0.2) is 17.4 Å². The van der Waals surface area contributed by atoms with Gasteiger partial charge in [-0.1, -0.05) is 11.6 Å². The van der Waals surface area contributed by atoms with Crippen LogP contribution in [0.2, 0.25) is 5.02 Å². The predicted molar refractivity (Wildman–Crippen MR) is 69.0 cm³/mol. The zero-order chi connectivity index (χ0) is 12.0. The molecule has 4 nitrogen and oxygen atoms in total. The second kappa shape index (κ2) is 3.81. The van der Waals surface area contributed by atoms with Gasteiger partial charge >= 0.3 is 0 Å². The lowest BCUT2D eigenvalue weighted by Crippen LogP contribution is -1.94. The molecule has 0 aromatic carbocycles. The third-order valence-electron chi connectivity index (χ3n) is 3.07. The number of imidazole rings is 1. The largest absolute Gasteiger partial charge is 0.318 e. The molecule has 88 valence electrons. The number of rotatable bonds is 2. The van der Waals surface area contributed by atoms with Crippen molar-refractivity contribution >= 4 is 34.3 Å². The molecule has 1 aliphatic rings. The molecule has 2 aromatic rings. The fourth-order valence-corrected chi connectivity index (χ4v) is 2.11. The van der Waals surface area contributed by atoms with Crippen LogP contribution in [-0.2, 0) is 7.05 Å². The highest BCUT2D eigenvalue weighted by molar-refractivity contribution is 6.35. The lowest BCUT2D eigenvalue weighted by Gasteiger charge is -2.00. The van der Waals surface area contributed by atoms with Crippen LogP contribution in [0, 0.1) is 5.92 Å². The molecule has 2 aromatic heterocycles. The number of hydrogen-bond donors (Lipinski definition) is 0. The maximum absolute atomic E-state index is 6.17. The summed E-state index contributed by atoms with van der Waals surface area (Å²) in [4.78, 5) is 13.2. The highest BCUT2D eigenvalue weighted by Crippen LogP contribution is 2.32. The van der Waals surface area contributed by atoms with E-state index in [4.69, 9.17) is 11.6 Å². The van der Waals surface area contributed by atoms with Gasteiger partial charge in [0.25, 0.3) is 0 Å². The highest BCUT2D eigenvalue weighted by Gasteiger charge is 2.24. The Morgan fingerprint density at radius 2 is 2.29 bits per heavy atom. The maximum Gasteiger partial charge on any atom is 0.163 e. The highest BCUT2D eigenvalue weighted by atomic mass is 35.5. The molecular formula is C12H13ClN4. The van der Waals surface area contributed by atoms with Crippen molar-refractivity contribution < 1.29 is 0 Å². The van der Waals surface area contributed by atoms with E-state index in [-0.39, 0.29) is 0 Å². The molecule has 0 atom stereocenters. The summed E-state index contributed by atoms with van der Waals surface area (Å²) in [6.45, 7) is 2.06. The van der Waals surface area contributed by atoms with Gasteiger partial charge in [-0.05, 0) is 25.7 Å². The molecule has 0 bridgehead atoms. The van der Waals surface area contributed by atoms with Gasteiger partial charge in [-0.25, -0.2) is 15.0 Å². The van der Waals surface area contributed by atoms with E-state index in [1.807, 2.05) is 11.6 Å². The molecule has 1 aliphatic carbocycles. The molecule has 1 saturated carbocycles. The minimum atomic E-state index is 0.609. The third-order valence-corrected chi connectivity index (χ3v) is 3.36. The maximum atomic E-state index is 6.17. The van der Waals surface area contributed by atoms with Crippen LogP contribution in [0.25, 0.3) is 11.2 Å². The molecule has 0 amide bonds. The first-order valence-electron chi connectivity index (χ1n) is 5.68. The number of pyridine rings is 1. The average Bonchev–Trinajstić information content (AvgIpc) is 3.05. The summed E-state index contributed by atoms with van der Waals surface area (Å²) in [5, 5.41) is 0.609. The van der Waals surface area contributed by atoms with Crippen LogP contribution in [0.5, 0.6) is 0 Å². The number of aliphatic imine (C=N–C) groups is 1. The quantitative estimate of drug-likeness (QED) is 0.767. The van der Waals surface area contributed by atoms with Crippen LogP contribution in [0.3, 0.4) is 0 Å². The Balaban J connectivity index is 2.10. The van der Waals surface area contributed by atoms with Gasteiger partial charge in [0.05, 0.1) is 11.3 Å². The molecule has 0 radical (unpaired) electrons. The van der Waals surface area contributed by atoms with Crippen LogP contribution >= 0.6 is 11.6 Å². The van der Waals surface area contributed by atoms with Crippen molar-refractivity contribution in [3.8, 4) is 0 Å². The Morgan fingerprint density at radius 1 is 1.53 bits per heavy atom. The van der Waals surface area contributed by atoms with E-state index in [0.29, 0.717) is 16.8 Å². The van der Waals surface area contributed by atoms with Gasteiger partial charge in [-0.2, -0.15) is 0 Å². The zero-order valence-electron chi connectivity index (χ0n) is 9.81. The molecule has 0 unspecified atom stereocenters. The topological polar surface area (TPSA) is 43.1 Å². The van der Waals surface area contributed by atoms with Crippen molar-refractivity contribution in [1.29, 1.82) is 0 Å². The normalized spacial score (nSPS) is 16.8. The summed E-state index contributed by atoms with van der Waals surface area (Å²) in [5.74, 6) is 1.33. The first kappa shape index (κ1) is 10.7. The fraction of sp³-hybridized carbons (Fsp3) is 0.417. The van der Waals surface area contributed by atoms with Gasteiger partial charge in [-0.15, -0.1) is 0 Å². The molecular weight excluding hydrogens is 236 g/mol. The van der Waals surface area contributed by atoms with Crippen molar-refractivity contribution in [2.75, 3.05) is 0 Å². The number of nitrogens with zero attached hydrogens (tertiary/aromatic N) is 4. The molecule has 2 heterocycles. The van der Waals surface area contributed by atoms with E-state index < -0.39 is 0 Å². The van der Waals surface area contributed by atoms with E-state index in [9.17, 15) is 0 Å². The average molecular weight is 249 g/mol. The van der Waals surface area contributed by atoms with Crippen molar-refractivity contribution in [3.63, 3.8) is 0 Å². The van der Waals surface area contributed by atoms with Crippen molar-refractivity contribution in [3.05, 3.63) is 17.4 Å². The van der Waals surface area contributed by atoms with Crippen LogP contribution < -0.4 is 0 Å². The van der Waals surface area contributed by atoms with E-state index >= 15 is 0 Å².